The molecule has 3 aromatic rings. The number of carboxylic acids is 1. The zero-order valence-electron chi connectivity index (χ0n) is 18.7. The van der Waals surface area contributed by atoms with Gasteiger partial charge in [-0.25, -0.2) is 14.3 Å². The molecule has 178 valence electrons. The third-order valence-electron chi connectivity index (χ3n) is 6.25. The number of hydrogen-bond donors (Lipinski definition) is 2. The van der Waals surface area contributed by atoms with E-state index in [2.05, 4.69) is 39.9 Å². The van der Waals surface area contributed by atoms with Crippen molar-refractivity contribution >= 4 is 18.0 Å². The molecule has 1 aliphatic carbocycles. The van der Waals surface area contributed by atoms with Crippen molar-refractivity contribution in [2.75, 3.05) is 26.2 Å². The normalized spacial score (nSPS) is 14.9. The van der Waals surface area contributed by atoms with Gasteiger partial charge < -0.3 is 20.1 Å². The largest absolute Gasteiger partial charge is 0.476 e. The van der Waals surface area contributed by atoms with Crippen LogP contribution in [0.1, 0.15) is 33.6 Å². The lowest BCUT2D eigenvalue weighted by Gasteiger charge is -2.38. The van der Waals surface area contributed by atoms with Crippen molar-refractivity contribution < 1.29 is 24.2 Å². The number of nitrogens with one attached hydrogen (secondary N) is 1. The first-order chi connectivity index (χ1) is 17.0. The average molecular weight is 473 g/mol. The minimum absolute atomic E-state index is 0.0128. The second-order valence-electron chi connectivity index (χ2n) is 8.39. The third-order valence-corrected chi connectivity index (χ3v) is 6.25. The highest BCUT2D eigenvalue weighted by Crippen LogP contribution is 2.44. The summed E-state index contributed by atoms with van der Waals surface area (Å²) in [7, 11) is 0. The fourth-order valence-corrected chi connectivity index (χ4v) is 4.41. The first-order valence-corrected chi connectivity index (χ1v) is 11.2. The maximum atomic E-state index is 12.2. The van der Waals surface area contributed by atoms with Crippen molar-refractivity contribution in [3.63, 3.8) is 0 Å². The van der Waals surface area contributed by atoms with Gasteiger partial charge in [0.2, 0.25) is 5.91 Å². The van der Waals surface area contributed by atoms with E-state index < -0.39 is 12.1 Å². The zero-order valence-corrected chi connectivity index (χ0v) is 18.7. The monoisotopic (exact) mass is 473 g/mol. The van der Waals surface area contributed by atoms with E-state index in [1.807, 2.05) is 24.3 Å². The van der Waals surface area contributed by atoms with E-state index in [0.29, 0.717) is 13.1 Å². The fraction of sp³-hybridized carbons (Fsp3) is 0.240. The van der Waals surface area contributed by atoms with Crippen molar-refractivity contribution in [1.29, 1.82) is 0 Å². The summed E-state index contributed by atoms with van der Waals surface area (Å²) in [5.41, 5.74) is 4.49. The van der Waals surface area contributed by atoms with Crippen LogP contribution in [0.15, 0.2) is 66.9 Å². The molecule has 1 saturated heterocycles. The molecule has 0 atom stereocenters. The molecule has 0 saturated carbocycles. The number of hydrogen-bond acceptors (Lipinski definition) is 6. The van der Waals surface area contributed by atoms with Gasteiger partial charge >= 0.3 is 12.1 Å². The Hall–Kier alpha value is -4.47. The van der Waals surface area contributed by atoms with Crippen LogP contribution >= 0.6 is 0 Å². The summed E-state index contributed by atoms with van der Waals surface area (Å²) >= 11 is 0. The van der Waals surface area contributed by atoms with E-state index in [9.17, 15) is 14.4 Å². The molecule has 1 aliphatic heterocycles. The Morgan fingerprint density at radius 1 is 1.06 bits per heavy atom. The van der Waals surface area contributed by atoms with E-state index >= 15 is 0 Å². The molecule has 0 unspecified atom stereocenters. The Balaban J connectivity index is 1.06. The number of aromatic carboxylic acids is 1. The summed E-state index contributed by atoms with van der Waals surface area (Å²) in [4.78, 5) is 36.9. The van der Waals surface area contributed by atoms with Crippen LogP contribution in [0.3, 0.4) is 0 Å². The molecule has 0 spiro atoms. The minimum Gasteiger partial charge on any atom is -0.476 e. The maximum absolute atomic E-state index is 12.2. The Morgan fingerprint density at radius 3 is 2.34 bits per heavy atom. The lowest BCUT2D eigenvalue weighted by Crippen LogP contribution is -2.50. The summed E-state index contributed by atoms with van der Waals surface area (Å²) in [6.07, 6.45) is 3.76. The second-order valence-corrected chi connectivity index (χ2v) is 8.39. The number of rotatable bonds is 7. The van der Waals surface area contributed by atoms with E-state index in [1.54, 1.807) is 11.0 Å². The lowest BCUT2D eigenvalue weighted by atomic mass is 9.98. The van der Waals surface area contributed by atoms with Crippen LogP contribution in [0.2, 0.25) is 0 Å². The van der Waals surface area contributed by atoms with Gasteiger partial charge in [0.25, 0.3) is 0 Å². The van der Waals surface area contributed by atoms with Crippen LogP contribution in [-0.2, 0) is 9.53 Å². The number of amides is 2. The number of likely N-dealkylation sites (tertiary alicyclic amines) is 1. The van der Waals surface area contributed by atoms with Crippen LogP contribution in [0.25, 0.3) is 11.1 Å². The van der Waals surface area contributed by atoms with Crippen molar-refractivity contribution in [3.8, 4) is 11.1 Å². The molecule has 0 radical (unpaired) electrons. The number of nitrogens with zero attached hydrogens (tertiary/aromatic N) is 4. The summed E-state index contributed by atoms with van der Waals surface area (Å²) < 4.78 is 6.93. The van der Waals surface area contributed by atoms with Crippen molar-refractivity contribution in [2.24, 2.45) is 0 Å². The minimum atomic E-state index is -1.14. The number of ether oxygens (including phenoxy) is 1. The van der Waals surface area contributed by atoms with Gasteiger partial charge in [0.1, 0.15) is 6.61 Å². The molecule has 1 fully saturated rings. The number of aromatic nitrogens is 3. The molecule has 10 heteroatoms. The highest BCUT2D eigenvalue weighted by molar-refractivity contribution is 5.88. The smallest absolute Gasteiger partial charge is 0.407 e. The Bertz CT molecular complexity index is 1270. The Kier molecular flexibility index (Phi) is 6.01. The Morgan fingerprint density at radius 2 is 1.71 bits per heavy atom. The van der Waals surface area contributed by atoms with Crippen molar-refractivity contribution in [1.82, 2.24) is 25.2 Å². The molecule has 2 heterocycles. The van der Waals surface area contributed by atoms with E-state index in [0.717, 1.165) is 22.3 Å². The van der Waals surface area contributed by atoms with E-state index in [1.165, 1.54) is 17.0 Å². The van der Waals surface area contributed by atoms with E-state index in [4.69, 9.17) is 9.84 Å². The Labute approximate surface area is 200 Å². The maximum Gasteiger partial charge on any atom is 0.407 e. The molecule has 2 aromatic carbocycles. The standard InChI is InChI=1S/C25H23N5O5/c31-23(29-12-16(13-29)30-14-22(24(32)33)27-28-30)10-5-11-26-25(34)35-15-21-19-8-3-1-6-17(19)18-7-2-4-9-20(18)21/h1-10,14,16,21H,11-13,15H2,(H,26,34)(H,32,33)/b10-5+. The van der Waals surface area contributed by atoms with Crippen LogP contribution < -0.4 is 5.32 Å². The summed E-state index contributed by atoms with van der Waals surface area (Å²) in [5, 5.41) is 18.9. The first kappa shape index (κ1) is 22.3. The second kappa shape index (κ2) is 9.41. The van der Waals surface area contributed by atoms with Crippen LogP contribution in [-0.4, -0.2) is 69.2 Å². The molecule has 1 aromatic heterocycles. The van der Waals surface area contributed by atoms with Gasteiger partial charge in [0, 0.05) is 31.6 Å². The highest BCUT2D eigenvalue weighted by atomic mass is 16.5. The van der Waals surface area contributed by atoms with Gasteiger partial charge in [-0.2, -0.15) is 0 Å². The molecular weight excluding hydrogens is 450 g/mol. The number of carbonyl (C=O) groups excluding carboxylic acids is 2. The third kappa shape index (κ3) is 4.50. The fourth-order valence-electron chi connectivity index (χ4n) is 4.41. The van der Waals surface area contributed by atoms with Crippen LogP contribution in [0.5, 0.6) is 0 Å². The average Bonchev–Trinajstić information content (AvgIpc) is 3.43. The number of fused-ring (bicyclic) bond motifs is 3. The molecule has 0 bridgehead atoms. The predicted molar refractivity (Wildman–Crippen MR) is 125 cm³/mol. The molecule has 5 rings (SSSR count). The molecule has 2 amide bonds. The SMILES string of the molecule is O=C(NC/C=C/C(=O)N1CC(n2cc(C(=O)O)nn2)C1)OCC1c2ccccc2-c2ccccc21. The molecule has 2 aliphatic rings. The zero-order chi connectivity index (χ0) is 24.4. The first-order valence-electron chi connectivity index (χ1n) is 11.2. The highest BCUT2D eigenvalue weighted by Gasteiger charge is 2.32. The van der Waals surface area contributed by atoms with Gasteiger partial charge in [-0.3, -0.25) is 4.79 Å². The molecular formula is C25H23N5O5. The number of carboxylic acid groups (broad SMARTS) is 1. The molecule has 2 N–H and O–H groups in total. The summed E-state index contributed by atoms with van der Waals surface area (Å²) in [6, 6.07) is 16.1. The lowest BCUT2D eigenvalue weighted by molar-refractivity contribution is -0.131. The number of carbonyl (C=O) groups is 3. The topological polar surface area (TPSA) is 127 Å². The number of alkyl carbamates (subject to hydrolysis) is 1. The van der Waals surface area contributed by atoms with Gasteiger partial charge in [0.05, 0.1) is 12.2 Å². The van der Waals surface area contributed by atoms with E-state index in [-0.39, 0.29) is 36.7 Å². The van der Waals surface area contributed by atoms with Gasteiger partial charge in [-0.05, 0) is 22.3 Å². The quantitative estimate of drug-likeness (QED) is 0.505. The predicted octanol–water partition coefficient (Wildman–Crippen LogP) is 2.45. The summed E-state index contributed by atoms with van der Waals surface area (Å²) in [5.74, 6) is -1.36. The molecule has 10 nitrogen and oxygen atoms in total. The van der Waals surface area contributed by atoms with Crippen molar-refractivity contribution in [3.05, 3.63) is 83.7 Å². The number of benzene rings is 2. The van der Waals surface area contributed by atoms with Gasteiger partial charge in [0.15, 0.2) is 5.69 Å². The van der Waals surface area contributed by atoms with Gasteiger partial charge in [-0.15, -0.1) is 5.10 Å². The summed E-state index contributed by atoms with van der Waals surface area (Å²) in [6.45, 7) is 1.20. The molecule has 35 heavy (non-hydrogen) atoms. The van der Waals surface area contributed by atoms with Crippen LogP contribution in [0, 0.1) is 0 Å². The van der Waals surface area contributed by atoms with Gasteiger partial charge in [-0.1, -0.05) is 59.8 Å². The van der Waals surface area contributed by atoms with Crippen LogP contribution in [0.4, 0.5) is 4.79 Å². The van der Waals surface area contributed by atoms with Crippen molar-refractivity contribution in [2.45, 2.75) is 12.0 Å².